The van der Waals surface area contributed by atoms with E-state index in [-0.39, 0.29) is 24.8 Å². The standard InChI is InChI=1S/C6H14N3.C2H3O.CH3.2ClH.Ti/c1-2-8-5-6-9-4-3-7-1;1-2-3;;;;/h7-8H,1-6H2;1H3;1H3;2*1H;/q-1;;;;;+1. The third-order valence-corrected chi connectivity index (χ3v) is 6.35. The van der Waals surface area contributed by atoms with E-state index in [0.29, 0.717) is 4.09 Å². The zero-order chi connectivity index (χ0) is 10.4. The average Bonchev–Trinajstić information content (AvgIpc) is 2.29. The number of halogens is 2. The summed E-state index contributed by atoms with van der Waals surface area (Å²) in [6, 6.07) is 0. The molecule has 0 aromatic carbocycles. The third-order valence-electron chi connectivity index (χ3n) is 2.58. The fourth-order valence-corrected chi connectivity index (χ4v) is 3.62. The van der Waals surface area contributed by atoms with Gasteiger partial charge in [-0.15, -0.1) is 24.8 Å². The molecule has 16 heavy (non-hydrogen) atoms. The Bertz CT molecular complexity index is 188. The average molecular weight is 307 g/mol. The van der Waals surface area contributed by atoms with Gasteiger partial charge < -0.3 is 0 Å². The number of rotatable bonds is 2. The molecule has 7 heteroatoms. The number of hydrogen-bond donors (Lipinski definition) is 2. The van der Waals surface area contributed by atoms with E-state index in [4.69, 9.17) is 0 Å². The predicted octanol–water partition coefficient (Wildman–Crippen LogP) is 0.453. The predicted molar refractivity (Wildman–Crippen MR) is 68.4 cm³/mol. The Morgan fingerprint density at radius 1 is 1.06 bits per heavy atom. The van der Waals surface area contributed by atoms with Crippen molar-refractivity contribution in [2.75, 3.05) is 39.3 Å². The molecule has 1 fully saturated rings. The third kappa shape index (κ3) is 7.22. The van der Waals surface area contributed by atoms with E-state index in [2.05, 4.69) is 19.2 Å². The minimum Gasteiger partial charge on any atom is -0.147 e. The van der Waals surface area contributed by atoms with Crippen LogP contribution >= 0.6 is 24.8 Å². The van der Waals surface area contributed by atoms with Crippen molar-refractivity contribution in [3.63, 3.8) is 0 Å². The molecule has 0 saturated carbocycles. The van der Waals surface area contributed by atoms with Gasteiger partial charge in [-0.3, -0.25) is 0 Å². The summed E-state index contributed by atoms with van der Waals surface area (Å²) in [7, 11) is 0. The minimum absolute atomic E-state index is 0. The Kier molecular flexibility index (Phi) is 13.2. The molecule has 0 spiro atoms. The quantitative estimate of drug-likeness (QED) is 0.727. The molecule has 2 N–H and O–H groups in total. The first-order valence-corrected chi connectivity index (χ1v) is 8.27. The maximum Gasteiger partial charge on any atom is -0.147 e. The fraction of sp³-hybridized carbons (Fsp3) is 0.889. The topological polar surface area (TPSA) is 44.4 Å². The van der Waals surface area contributed by atoms with Crippen molar-refractivity contribution in [3.05, 3.63) is 0 Å². The summed E-state index contributed by atoms with van der Waals surface area (Å²) >= 11 is -1.58. The molecular formula is C9H22Cl2N3OTi. The van der Waals surface area contributed by atoms with Crippen molar-refractivity contribution in [2.45, 2.75) is 12.2 Å². The van der Waals surface area contributed by atoms with Crippen LogP contribution in [0, 0.1) is 0 Å². The first kappa shape index (κ1) is 19.2. The smallest absolute Gasteiger partial charge is 0.147 e. The molecule has 1 rings (SSSR count). The summed E-state index contributed by atoms with van der Waals surface area (Å²) in [5.74, 6) is 0. The second-order valence-corrected chi connectivity index (χ2v) is 7.54. The van der Waals surface area contributed by atoms with Crippen molar-refractivity contribution in [3.8, 4) is 0 Å². The molecule has 97 valence electrons. The van der Waals surface area contributed by atoms with E-state index >= 15 is 0 Å². The van der Waals surface area contributed by atoms with E-state index in [1.165, 1.54) is 0 Å². The van der Waals surface area contributed by atoms with Gasteiger partial charge in [0.15, 0.2) is 0 Å². The SMILES string of the molecule is C[C](=O)[Ti]([CH3])[N]1CCNCCNCC1.Cl.Cl. The molecule has 1 aliphatic heterocycles. The number of nitrogens with one attached hydrogen (secondary N) is 2. The molecule has 0 radical (unpaired) electrons. The van der Waals surface area contributed by atoms with Crippen molar-refractivity contribution in [1.82, 2.24) is 14.0 Å². The molecule has 0 aromatic rings. The molecular weight excluding hydrogens is 285 g/mol. The van der Waals surface area contributed by atoms with Crippen molar-refractivity contribution < 1.29 is 22.9 Å². The van der Waals surface area contributed by atoms with Crippen LogP contribution in [0.25, 0.3) is 0 Å². The van der Waals surface area contributed by atoms with Crippen LogP contribution in [-0.2, 0) is 22.9 Å². The van der Waals surface area contributed by atoms with Gasteiger partial charge >= 0.3 is 92.4 Å². The van der Waals surface area contributed by atoms with Gasteiger partial charge in [0.2, 0.25) is 0 Å². The molecule has 0 atom stereocenters. The van der Waals surface area contributed by atoms with Gasteiger partial charge in [0, 0.05) is 0 Å². The minimum atomic E-state index is -1.58. The Morgan fingerprint density at radius 2 is 1.50 bits per heavy atom. The number of hydrogen-bond acceptors (Lipinski definition) is 4. The Morgan fingerprint density at radius 3 is 1.88 bits per heavy atom. The maximum atomic E-state index is 11.3. The van der Waals surface area contributed by atoms with Crippen LogP contribution in [0.5, 0.6) is 0 Å². The number of carbonyl (C=O) groups is 1. The normalized spacial score (nSPS) is 18.1. The summed E-state index contributed by atoms with van der Waals surface area (Å²) in [6.07, 6.45) is 0. The van der Waals surface area contributed by atoms with Gasteiger partial charge in [-0.1, -0.05) is 0 Å². The van der Waals surface area contributed by atoms with E-state index in [1.807, 2.05) is 0 Å². The monoisotopic (exact) mass is 306 g/mol. The van der Waals surface area contributed by atoms with Gasteiger partial charge in [0.25, 0.3) is 0 Å². The van der Waals surface area contributed by atoms with Crippen molar-refractivity contribution in [2.24, 2.45) is 0 Å². The zero-order valence-electron chi connectivity index (χ0n) is 9.91. The summed E-state index contributed by atoms with van der Waals surface area (Å²) < 4.78 is 2.82. The summed E-state index contributed by atoms with van der Waals surface area (Å²) in [6.45, 7) is 7.90. The van der Waals surface area contributed by atoms with Crippen LogP contribution in [0.4, 0.5) is 0 Å². The second kappa shape index (κ2) is 11.0. The molecule has 0 aromatic heterocycles. The second-order valence-electron chi connectivity index (χ2n) is 3.63. The van der Waals surface area contributed by atoms with Crippen LogP contribution in [0.1, 0.15) is 6.92 Å². The molecule has 1 saturated heterocycles. The van der Waals surface area contributed by atoms with E-state index in [1.54, 1.807) is 6.92 Å². The van der Waals surface area contributed by atoms with Crippen LogP contribution < -0.4 is 10.6 Å². The summed E-state index contributed by atoms with van der Waals surface area (Å²) in [4.78, 5) is 11.3. The van der Waals surface area contributed by atoms with Gasteiger partial charge in [-0.05, 0) is 0 Å². The zero-order valence-corrected chi connectivity index (χ0v) is 13.1. The summed E-state index contributed by atoms with van der Waals surface area (Å²) in [5, 5.41) is 8.88. The molecule has 0 bridgehead atoms. The maximum absolute atomic E-state index is 11.3. The largest absolute Gasteiger partial charge is 0.147 e. The van der Waals surface area contributed by atoms with Gasteiger partial charge in [-0.25, -0.2) is 0 Å². The Labute approximate surface area is 117 Å². The first-order chi connectivity index (χ1) is 6.72. The number of nitrogens with zero attached hydrogens (tertiary/aromatic N) is 1. The molecule has 1 heterocycles. The van der Waals surface area contributed by atoms with Gasteiger partial charge in [-0.2, -0.15) is 0 Å². The molecule has 0 amide bonds. The molecule has 1 aliphatic rings. The van der Waals surface area contributed by atoms with E-state index < -0.39 is 18.1 Å². The van der Waals surface area contributed by atoms with Gasteiger partial charge in [0.1, 0.15) is 0 Å². The van der Waals surface area contributed by atoms with Crippen molar-refractivity contribution >= 4 is 28.9 Å². The Balaban J connectivity index is 0. The Hall–Kier alpha value is 0.844. The van der Waals surface area contributed by atoms with Crippen LogP contribution in [-0.4, -0.2) is 46.7 Å². The van der Waals surface area contributed by atoms with Gasteiger partial charge in [0.05, 0.1) is 0 Å². The van der Waals surface area contributed by atoms with E-state index in [0.717, 1.165) is 39.3 Å². The number of carbonyl (C=O) groups excluding carboxylic acids is 1. The molecule has 0 aliphatic carbocycles. The summed E-state index contributed by atoms with van der Waals surface area (Å²) in [5.41, 5.74) is 0. The molecule has 0 unspecified atom stereocenters. The van der Waals surface area contributed by atoms with E-state index in [9.17, 15) is 4.79 Å². The van der Waals surface area contributed by atoms with Crippen LogP contribution in [0.15, 0.2) is 0 Å². The molecule has 4 nitrogen and oxygen atoms in total. The van der Waals surface area contributed by atoms with Crippen molar-refractivity contribution in [1.29, 1.82) is 0 Å². The fourth-order valence-electron chi connectivity index (χ4n) is 1.52. The van der Waals surface area contributed by atoms with Crippen LogP contribution in [0.2, 0.25) is 5.23 Å². The first-order valence-electron chi connectivity index (χ1n) is 5.22. The van der Waals surface area contributed by atoms with Crippen LogP contribution in [0.3, 0.4) is 0 Å².